The molecule has 0 radical (unpaired) electrons. The first kappa shape index (κ1) is 26.1. The fourth-order valence-electron chi connectivity index (χ4n) is 3.61. The number of esters is 1. The molecular weight excluding hydrogens is 600 g/mol. The van der Waals surface area contributed by atoms with Crippen molar-refractivity contribution >= 4 is 66.3 Å². The van der Waals surface area contributed by atoms with Crippen LogP contribution in [0.25, 0.3) is 16.8 Å². The second kappa shape index (κ2) is 11.9. The van der Waals surface area contributed by atoms with Crippen LogP contribution in [0.4, 0.5) is 5.69 Å². The largest absolute Gasteiger partial charge is 0.487 e. The van der Waals surface area contributed by atoms with E-state index in [1.165, 1.54) is 30.7 Å². The molecule has 0 saturated carbocycles. The highest BCUT2D eigenvalue weighted by Gasteiger charge is 2.14. The molecule has 4 rings (SSSR count). The van der Waals surface area contributed by atoms with Crippen molar-refractivity contribution in [3.8, 4) is 11.8 Å². The average molecular weight is 620 g/mol. The summed E-state index contributed by atoms with van der Waals surface area (Å²) in [6.07, 6.45) is 1.49. The van der Waals surface area contributed by atoms with E-state index in [1.807, 2.05) is 24.3 Å². The summed E-state index contributed by atoms with van der Waals surface area (Å²) >= 11 is 7.07. The predicted molar refractivity (Wildman–Crippen MR) is 150 cm³/mol. The number of hydrogen-bond acceptors (Lipinski definition) is 5. The number of halogens is 2. The normalized spacial score (nSPS) is 11.0. The first-order valence-electron chi connectivity index (χ1n) is 11.1. The van der Waals surface area contributed by atoms with Crippen LogP contribution in [-0.4, -0.2) is 19.0 Å². The van der Waals surface area contributed by atoms with E-state index in [0.717, 1.165) is 10.9 Å². The molecule has 184 valence electrons. The highest BCUT2D eigenvalue weighted by molar-refractivity contribution is 9.11. The van der Waals surface area contributed by atoms with Gasteiger partial charge in [0, 0.05) is 5.69 Å². The Balaban J connectivity index is 1.47. The lowest BCUT2D eigenvalue weighted by Gasteiger charge is -2.12. The van der Waals surface area contributed by atoms with Gasteiger partial charge in [0.1, 0.15) is 24.0 Å². The molecule has 1 amide bonds. The minimum atomic E-state index is -0.572. The molecule has 8 heteroatoms. The molecule has 37 heavy (non-hydrogen) atoms. The van der Waals surface area contributed by atoms with E-state index in [9.17, 15) is 14.9 Å². The third kappa shape index (κ3) is 6.45. The average Bonchev–Trinajstić information content (AvgIpc) is 2.91. The second-order valence-electron chi connectivity index (χ2n) is 7.98. The summed E-state index contributed by atoms with van der Waals surface area (Å²) in [5, 5.41) is 14.5. The Morgan fingerprint density at radius 1 is 0.946 bits per heavy atom. The van der Waals surface area contributed by atoms with E-state index in [4.69, 9.17) is 4.74 Å². The molecule has 4 aromatic rings. The zero-order chi connectivity index (χ0) is 26.4. The molecule has 0 aromatic heterocycles. The van der Waals surface area contributed by atoms with Crippen LogP contribution in [0.5, 0.6) is 5.75 Å². The Bertz CT molecular complexity index is 1530. The van der Waals surface area contributed by atoms with Crippen LogP contribution in [0.2, 0.25) is 0 Å². The van der Waals surface area contributed by atoms with Crippen LogP contribution in [0.15, 0.2) is 93.4 Å². The number of ether oxygens (including phenoxy) is 2. The van der Waals surface area contributed by atoms with Crippen molar-refractivity contribution in [1.29, 1.82) is 5.26 Å². The first-order chi connectivity index (χ1) is 17.9. The van der Waals surface area contributed by atoms with Gasteiger partial charge < -0.3 is 14.8 Å². The number of nitrogens with zero attached hydrogens (tertiary/aromatic N) is 1. The van der Waals surface area contributed by atoms with Crippen molar-refractivity contribution in [3.63, 3.8) is 0 Å². The number of nitrogens with one attached hydrogen (secondary N) is 1. The maximum atomic E-state index is 12.7. The summed E-state index contributed by atoms with van der Waals surface area (Å²) < 4.78 is 12.1. The lowest BCUT2D eigenvalue weighted by molar-refractivity contribution is -0.112. The molecule has 6 nitrogen and oxygen atoms in total. The molecule has 0 spiro atoms. The maximum Gasteiger partial charge on any atom is 0.337 e. The number of carbonyl (C=O) groups excluding carboxylic acids is 2. The minimum absolute atomic E-state index is 0.0827. The smallest absolute Gasteiger partial charge is 0.337 e. The van der Waals surface area contributed by atoms with Gasteiger partial charge in [0.15, 0.2) is 0 Å². The minimum Gasteiger partial charge on any atom is -0.487 e. The summed E-state index contributed by atoms with van der Waals surface area (Å²) in [4.78, 5) is 24.2. The van der Waals surface area contributed by atoms with Gasteiger partial charge in [0.25, 0.3) is 5.91 Å². The fraction of sp³-hybridized carbons (Fsp3) is 0.0690. The summed E-state index contributed by atoms with van der Waals surface area (Å²) in [6, 6.07) is 26.0. The van der Waals surface area contributed by atoms with Gasteiger partial charge in [-0.25, -0.2) is 4.79 Å². The lowest BCUT2D eigenvalue weighted by atomic mass is 10.1. The van der Waals surface area contributed by atoms with Gasteiger partial charge in [-0.05, 0) is 102 Å². The molecule has 4 aromatic carbocycles. The standard InChI is InChI=1S/C29H20Br2N2O4/c1-36-29(35)21-8-10-24(11-9-21)33-28(34)23(16-32)13-19-14-25(30)27(26(31)15-19)37-17-18-6-7-20-4-2-3-5-22(20)12-18/h2-15H,17H2,1H3,(H,33,34)/b23-13+. The summed E-state index contributed by atoms with van der Waals surface area (Å²) in [5.74, 6) is -0.438. The van der Waals surface area contributed by atoms with E-state index < -0.39 is 11.9 Å². The molecule has 0 atom stereocenters. The van der Waals surface area contributed by atoms with E-state index in [2.05, 4.69) is 66.2 Å². The number of nitriles is 1. The number of benzene rings is 4. The molecule has 0 unspecified atom stereocenters. The van der Waals surface area contributed by atoms with E-state index in [1.54, 1.807) is 24.3 Å². The van der Waals surface area contributed by atoms with E-state index in [0.29, 0.717) is 38.1 Å². The highest BCUT2D eigenvalue weighted by Crippen LogP contribution is 2.36. The van der Waals surface area contributed by atoms with Crippen molar-refractivity contribution < 1.29 is 19.1 Å². The SMILES string of the molecule is COC(=O)c1ccc(NC(=O)/C(C#N)=C/c2cc(Br)c(OCc3ccc4ccccc4c3)c(Br)c2)cc1. The van der Waals surface area contributed by atoms with Crippen molar-refractivity contribution in [2.75, 3.05) is 12.4 Å². The molecule has 0 heterocycles. The zero-order valence-corrected chi connectivity index (χ0v) is 22.8. The molecular formula is C29H20Br2N2O4. The van der Waals surface area contributed by atoms with Gasteiger partial charge >= 0.3 is 5.97 Å². The lowest BCUT2D eigenvalue weighted by Crippen LogP contribution is -2.13. The highest BCUT2D eigenvalue weighted by atomic mass is 79.9. The van der Waals surface area contributed by atoms with Gasteiger partial charge in [0.2, 0.25) is 0 Å². The molecule has 0 aliphatic rings. The van der Waals surface area contributed by atoms with Gasteiger partial charge in [0.05, 0.1) is 21.6 Å². The molecule has 1 N–H and O–H groups in total. The first-order valence-corrected chi connectivity index (χ1v) is 12.7. The Kier molecular flexibility index (Phi) is 8.39. The van der Waals surface area contributed by atoms with E-state index in [-0.39, 0.29) is 5.57 Å². The van der Waals surface area contributed by atoms with Crippen molar-refractivity contribution in [2.24, 2.45) is 0 Å². The zero-order valence-electron chi connectivity index (χ0n) is 19.6. The fourth-order valence-corrected chi connectivity index (χ4v) is 5.06. The van der Waals surface area contributed by atoms with Gasteiger partial charge in [-0.2, -0.15) is 5.26 Å². The van der Waals surface area contributed by atoms with Crippen LogP contribution in [0.3, 0.4) is 0 Å². The van der Waals surface area contributed by atoms with Crippen LogP contribution in [0, 0.1) is 11.3 Å². The van der Waals surface area contributed by atoms with Crippen molar-refractivity contribution in [3.05, 3.63) is 110 Å². The van der Waals surface area contributed by atoms with Crippen LogP contribution < -0.4 is 10.1 Å². The number of rotatable bonds is 7. The molecule has 0 saturated heterocycles. The third-order valence-corrected chi connectivity index (χ3v) is 6.64. The molecule has 0 aliphatic carbocycles. The summed E-state index contributed by atoms with van der Waals surface area (Å²) in [7, 11) is 1.29. The Morgan fingerprint density at radius 2 is 1.62 bits per heavy atom. The molecule has 0 bridgehead atoms. The number of amides is 1. The number of carbonyl (C=O) groups is 2. The van der Waals surface area contributed by atoms with Crippen LogP contribution >= 0.6 is 31.9 Å². The monoisotopic (exact) mass is 618 g/mol. The maximum absolute atomic E-state index is 12.7. The van der Waals surface area contributed by atoms with Gasteiger partial charge in [-0.1, -0.05) is 36.4 Å². The van der Waals surface area contributed by atoms with Crippen molar-refractivity contribution in [2.45, 2.75) is 6.61 Å². The number of anilines is 1. The summed E-state index contributed by atoms with van der Waals surface area (Å²) in [6.45, 7) is 0.373. The number of methoxy groups -OCH3 is 1. The second-order valence-corrected chi connectivity index (χ2v) is 9.69. The number of hydrogen-bond donors (Lipinski definition) is 1. The van der Waals surface area contributed by atoms with Crippen LogP contribution in [-0.2, 0) is 16.1 Å². The molecule has 0 fully saturated rings. The summed E-state index contributed by atoms with van der Waals surface area (Å²) in [5.41, 5.74) is 2.38. The third-order valence-electron chi connectivity index (χ3n) is 5.46. The Morgan fingerprint density at radius 3 is 2.27 bits per heavy atom. The van der Waals surface area contributed by atoms with Gasteiger partial charge in [-0.15, -0.1) is 0 Å². The number of fused-ring (bicyclic) bond motifs is 1. The quantitative estimate of drug-likeness (QED) is 0.133. The van der Waals surface area contributed by atoms with E-state index >= 15 is 0 Å². The predicted octanol–water partition coefficient (Wildman–Crippen LogP) is 7.28. The van der Waals surface area contributed by atoms with Crippen LogP contribution in [0.1, 0.15) is 21.5 Å². The molecule has 0 aliphatic heterocycles. The topological polar surface area (TPSA) is 88.4 Å². The Labute approximate surface area is 230 Å². The Hall–Kier alpha value is -3.93. The van der Waals surface area contributed by atoms with Crippen molar-refractivity contribution in [1.82, 2.24) is 0 Å². The van der Waals surface area contributed by atoms with Gasteiger partial charge in [-0.3, -0.25) is 4.79 Å².